The second-order valence-electron chi connectivity index (χ2n) is 6.10. The van der Waals surface area contributed by atoms with Crippen molar-refractivity contribution in [3.05, 3.63) is 63.7 Å². The van der Waals surface area contributed by atoms with Crippen LogP contribution < -0.4 is 5.56 Å². The summed E-state index contributed by atoms with van der Waals surface area (Å²) in [5.74, 6) is 0.380. The molecule has 0 saturated carbocycles. The van der Waals surface area contributed by atoms with E-state index in [4.69, 9.17) is 4.74 Å². The summed E-state index contributed by atoms with van der Waals surface area (Å²) in [5.41, 5.74) is 1.83. The molecule has 0 aliphatic carbocycles. The molecular weight excluding hydrogens is 366 g/mol. The number of rotatable bonds is 3. The summed E-state index contributed by atoms with van der Waals surface area (Å²) in [6.45, 7) is -0.0570. The standard InChI is InChI=1S/C18H13N5O3S/c1-22-16(24)15-13(6-7-27-15)23-14(20-21-18(22)23)9-26-17(25)12-8-10-4-2-3-5-11(10)19-12/h2-8,19H,9H2,1H3. The molecule has 8 nitrogen and oxygen atoms in total. The van der Waals surface area contributed by atoms with Crippen molar-refractivity contribution >= 4 is 44.2 Å². The second kappa shape index (κ2) is 5.78. The van der Waals surface area contributed by atoms with Crippen LogP contribution in [0.4, 0.5) is 0 Å². The summed E-state index contributed by atoms with van der Waals surface area (Å²) in [4.78, 5) is 27.8. The minimum Gasteiger partial charge on any atom is -0.453 e. The number of H-pyrrole nitrogens is 1. The molecular formula is C18H13N5O3S. The van der Waals surface area contributed by atoms with Crippen LogP contribution in [0.15, 0.2) is 46.6 Å². The number of aryl methyl sites for hydroxylation is 1. The number of carbonyl (C=O) groups is 1. The minimum absolute atomic E-state index is 0.0570. The molecule has 4 heterocycles. The maximum atomic E-state index is 12.4. The molecule has 1 aromatic carbocycles. The fraction of sp³-hybridized carbons (Fsp3) is 0.111. The molecule has 0 fully saturated rings. The summed E-state index contributed by atoms with van der Waals surface area (Å²) >= 11 is 1.36. The Kier molecular flexibility index (Phi) is 3.37. The Bertz CT molecular complexity index is 1360. The first-order valence-electron chi connectivity index (χ1n) is 8.18. The number of nitrogens with one attached hydrogen (secondary N) is 1. The molecule has 4 aromatic heterocycles. The maximum Gasteiger partial charge on any atom is 0.355 e. The van der Waals surface area contributed by atoms with E-state index in [1.807, 2.05) is 35.7 Å². The van der Waals surface area contributed by atoms with E-state index in [9.17, 15) is 9.59 Å². The molecule has 5 aromatic rings. The quantitative estimate of drug-likeness (QED) is 0.486. The van der Waals surface area contributed by atoms with Crippen molar-refractivity contribution < 1.29 is 9.53 Å². The Morgan fingerprint density at radius 2 is 2.11 bits per heavy atom. The van der Waals surface area contributed by atoms with Crippen molar-refractivity contribution in [1.82, 2.24) is 24.1 Å². The van der Waals surface area contributed by atoms with Gasteiger partial charge in [0.15, 0.2) is 12.4 Å². The smallest absolute Gasteiger partial charge is 0.355 e. The second-order valence-corrected chi connectivity index (χ2v) is 7.01. The van der Waals surface area contributed by atoms with Gasteiger partial charge >= 0.3 is 5.97 Å². The molecule has 0 atom stereocenters. The van der Waals surface area contributed by atoms with Gasteiger partial charge in [-0.1, -0.05) is 18.2 Å². The van der Waals surface area contributed by atoms with Crippen LogP contribution in [0.5, 0.6) is 0 Å². The number of nitrogens with zero attached hydrogens (tertiary/aromatic N) is 4. The van der Waals surface area contributed by atoms with E-state index in [0.717, 1.165) is 10.9 Å². The average Bonchev–Trinajstić information content (AvgIpc) is 3.40. The van der Waals surface area contributed by atoms with Crippen molar-refractivity contribution in [2.45, 2.75) is 6.61 Å². The highest BCUT2D eigenvalue weighted by Gasteiger charge is 2.18. The molecule has 0 bridgehead atoms. The van der Waals surface area contributed by atoms with Gasteiger partial charge in [0.1, 0.15) is 10.4 Å². The van der Waals surface area contributed by atoms with Crippen LogP contribution >= 0.6 is 11.3 Å². The Balaban J connectivity index is 1.50. The van der Waals surface area contributed by atoms with Crippen LogP contribution in [0, 0.1) is 0 Å². The molecule has 0 spiro atoms. The van der Waals surface area contributed by atoms with Gasteiger partial charge in [-0.25, -0.2) is 4.79 Å². The van der Waals surface area contributed by atoms with Gasteiger partial charge in [-0.15, -0.1) is 21.5 Å². The molecule has 9 heteroatoms. The molecule has 1 N–H and O–H groups in total. The van der Waals surface area contributed by atoms with Crippen molar-refractivity contribution in [2.75, 3.05) is 0 Å². The third-order valence-electron chi connectivity index (χ3n) is 4.48. The summed E-state index contributed by atoms with van der Waals surface area (Å²) in [7, 11) is 1.64. The fourth-order valence-electron chi connectivity index (χ4n) is 3.14. The van der Waals surface area contributed by atoms with E-state index in [1.165, 1.54) is 15.9 Å². The molecule has 0 aliphatic rings. The van der Waals surface area contributed by atoms with Gasteiger partial charge in [-0.3, -0.25) is 13.8 Å². The summed E-state index contributed by atoms with van der Waals surface area (Å²) < 4.78 is 9.21. The number of hydrogen-bond donors (Lipinski definition) is 1. The molecule has 134 valence electrons. The van der Waals surface area contributed by atoms with Gasteiger partial charge < -0.3 is 9.72 Å². The van der Waals surface area contributed by atoms with E-state index < -0.39 is 5.97 Å². The first-order chi connectivity index (χ1) is 13.1. The van der Waals surface area contributed by atoms with Crippen LogP contribution in [-0.2, 0) is 18.4 Å². The van der Waals surface area contributed by atoms with Gasteiger partial charge in [-0.05, 0) is 23.6 Å². The van der Waals surface area contributed by atoms with Gasteiger partial charge in [0.2, 0.25) is 5.78 Å². The lowest BCUT2D eigenvalue weighted by atomic mass is 10.2. The first-order valence-corrected chi connectivity index (χ1v) is 9.06. The fourth-order valence-corrected chi connectivity index (χ4v) is 3.99. The summed E-state index contributed by atoms with van der Waals surface area (Å²) in [6, 6.07) is 11.2. The van der Waals surface area contributed by atoms with Gasteiger partial charge in [0, 0.05) is 18.0 Å². The Labute approximate surface area is 155 Å². The number of carbonyl (C=O) groups excluding carboxylic acids is 1. The molecule has 0 amide bonds. The zero-order valence-corrected chi connectivity index (χ0v) is 15.0. The highest BCUT2D eigenvalue weighted by Crippen LogP contribution is 2.20. The number of aromatic amines is 1. The average molecular weight is 379 g/mol. The Morgan fingerprint density at radius 3 is 2.96 bits per heavy atom. The molecule has 0 unspecified atom stereocenters. The van der Waals surface area contributed by atoms with Crippen molar-refractivity contribution in [1.29, 1.82) is 0 Å². The summed E-state index contributed by atoms with van der Waals surface area (Å²) in [6.07, 6.45) is 0. The monoisotopic (exact) mass is 379 g/mol. The van der Waals surface area contributed by atoms with Gasteiger partial charge in [0.25, 0.3) is 5.56 Å². The number of fused-ring (bicyclic) bond motifs is 4. The lowest BCUT2D eigenvalue weighted by Crippen LogP contribution is -2.19. The number of aromatic nitrogens is 5. The lowest BCUT2D eigenvalue weighted by molar-refractivity contribution is 0.0455. The number of ether oxygens (including phenoxy) is 1. The molecule has 5 rings (SSSR count). The third kappa shape index (κ3) is 2.36. The molecule has 0 radical (unpaired) electrons. The number of benzene rings is 1. The Morgan fingerprint density at radius 1 is 1.26 bits per heavy atom. The topological polar surface area (TPSA) is 94.3 Å². The maximum absolute atomic E-state index is 12.4. The van der Waals surface area contributed by atoms with E-state index >= 15 is 0 Å². The number of thiophene rings is 1. The van der Waals surface area contributed by atoms with E-state index in [2.05, 4.69) is 15.2 Å². The van der Waals surface area contributed by atoms with Gasteiger partial charge in [-0.2, -0.15) is 0 Å². The van der Waals surface area contributed by atoms with E-state index in [-0.39, 0.29) is 12.2 Å². The van der Waals surface area contributed by atoms with E-state index in [1.54, 1.807) is 17.5 Å². The van der Waals surface area contributed by atoms with Crippen LogP contribution in [0.1, 0.15) is 16.3 Å². The van der Waals surface area contributed by atoms with E-state index in [0.29, 0.717) is 27.5 Å². The zero-order chi connectivity index (χ0) is 18.5. The first kappa shape index (κ1) is 15.8. The van der Waals surface area contributed by atoms with Crippen molar-refractivity contribution in [2.24, 2.45) is 7.05 Å². The van der Waals surface area contributed by atoms with Crippen molar-refractivity contribution in [3.8, 4) is 0 Å². The van der Waals surface area contributed by atoms with Crippen LogP contribution in [0.2, 0.25) is 0 Å². The molecule has 0 aliphatic heterocycles. The normalized spacial score (nSPS) is 11.6. The predicted octanol–water partition coefficient (Wildman–Crippen LogP) is 2.48. The summed E-state index contributed by atoms with van der Waals surface area (Å²) in [5, 5.41) is 11.0. The molecule has 0 saturated heterocycles. The number of esters is 1. The lowest BCUT2D eigenvalue weighted by Gasteiger charge is -2.05. The zero-order valence-electron chi connectivity index (χ0n) is 14.2. The van der Waals surface area contributed by atoms with Gasteiger partial charge in [0.05, 0.1) is 5.52 Å². The SMILES string of the molecule is Cn1c(=O)c2sccc2n2c(COC(=O)c3cc4ccccc4[nH]3)nnc12. The van der Waals surface area contributed by atoms with Crippen LogP contribution in [0.25, 0.3) is 26.9 Å². The van der Waals surface area contributed by atoms with Crippen molar-refractivity contribution in [3.63, 3.8) is 0 Å². The highest BCUT2D eigenvalue weighted by molar-refractivity contribution is 7.17. The third-order valence-corrected chi connectivity index (χ3v) is 5.37. The van der Waals surface area contributed by atoms with Crippen LogP contribution in [-0.4, -0.2) is 30.1 Å². The highest BCUT2D eigenvalue weighted by atomic mass is 32.1. The molecule has 27 heavy (non-hydrogen) atoms. The Hall–Kier alpha value is -3.46. The minimum atomic E-state index is -0.477. The number of para-hydroxylation sites is 1. The predicted molar refractivity (Wildman–Crippen MR) is 101 cm³/mol. The largest absolute Gasteiger partial charge is 0.453 e. The number of hydrogen-bond acceptors (Lipinski definition) is 6. The van der Waals surface area contributed by atoms with Crippen LogP contribution in [0.3, 0.4) is 0 Å².